The molecule has 1 aromatic rings. The molecular formula is C14H26N2. The van der Waals surface area contributed by atoms with Gasteiger partial charge in [-0.2, -0.15) is 0 Å². The molecule has 1 N–H and O–H groups in total. The van der Waals surface area contributed by atoms with Crippen LogP contribution in [-0.4, -0.2) is 11.0 Å². The van der Waals surface area contributed by atoms with Crippen LogP contribution in [0.3, 0.4) is 0 Å². The number of anilines is 1. The van der Waals surface area contributed by atoms with Gasteiger partial charge in [0.05, 0.1) is 5.69 Å². The van der Waals surface area contributed by atoms with Crippen LogP contribution in [0.15, 0.2) is 18.5 Å². The van der Waals surface area contributed by atoms with Crippen LogP contribution in [0.5, 0.6) is 0 Å². The van der Waals surface area contributed by atoms with Gasteiger partial charge in [0.15, 0.2) is 0 Å². The highest BCUT2D eigenvalue weighted by Crippen LogP contribution is 2.12. The molecule has 2 nitrogen and oxygen atoms in total. The minimum Gasteiger partial charge on any atom is -0.381 e. The Morgan fingerprint density at radius 1 is 1.25 bits per heavy atom. The lowest BCUT2D eigenvalue weighted by atomic mass is 10.1. The molecule has 0 aromatic carbocycles. The third kappa shape index (κ3) is 5.74. The van der Waals surface area contributed by atoms with Gasteiger partial charge in [0.2, 0.25) is 0 Å². The summed E-state index contributed by atoms with van der Waals surface area (Å²) < 4.78 is 0. The first-order chi connectivity index (χ1) is 7.76. The number of rotatable bonds is 5. The van der Waals surface area contributed by atoms with Crippen LogP contribution in [-0.2, 0) is 0 Å². The van der Waals surface area contributed by atoms with Crippen molar-refractivity contribution >= 4 is 5.69 Å². The van der Waals surface area contributed by atoms with E-state index >= 15 is 0 Å². The van der Waals surface area contributed by atoms with E-state index in [1.165, 1.54) is 24.8 Å². The zero-order chi connectivity index (χ0) is 12.4. The Kier molecular flexibility index (Phi) is 8.59. The zero-order valence-electron chi connectivity index (χ0n) is 11.4. The van der Waals surface area contributed by atoms with Crippen molar-refractivity contribution in [2.75, 3.05) is 5.32 Å². The second-order valence-corrected chi connectivity index (χ2v) is 3.79. The number of hydrogen-bond acceptors (Lipinski definition) is 2. The number of aromatic nitrogens is 1. The Morgan fingerprint density at radius 2 is 1.94 bits per heavy atom. The summed E-state index contributed by atoms with van der Waals surface area (Å²) in [6.45, 7) is 10.5. The lowest BCUT2D eigenvalue weighted by Crippen LogP contribution is -2.17. The van der Waals surface area contributed by atoms with Crippen LogP contribution in [0, 0.1) is 6.92 Å². The van der Waals surface area contributed by atoms with E-state index in [1.807, 2.05) is 26.2 Å². The summed E-state index contributed by atoms with van der Waals surface area (Å²) in [5.41, 5.74) is 2.35. The highest BCUT2D eigenvalue weighted by atomic mass is 14.9. The topological polar surface area (TPSA) is 24.9 Å². The molecule has 1 aromatic heterocycles. The van der Waals surface area contributed by atoms with Crippen molar-refractivity contribution in [1.29, 1.82) is 0 Å². The molecule has 0 radical (unpaired) electrons. The SMILES string of the molecule is CC.CCCC(CC)Nc1cncc(C)c1. The van der Waals surface area contributed by atoms with Crippen molar-refractivity contribution in [2.24, 2.45) is 0 Å². The number of aryl methyl sites for hydroxylation is 1. The molecule has 1 heterocycles. The summed E-state index contributed by atoms with van der Waals surface area (Å²) in [7, 11) is 0. The summed E-state index contributed by atoms with van der Waals surface area (Å²) in [6, 6.07) is 2.73. The normalized spacial score (nSPS) is 11.3. The van der Waals surface area contributed by atoms with Crippen LogP contribution < -0.4 is 5.32 Å². The van der Waals surface area contributed by atoms with Gasteiger partial charge in [0.25, 0.3) is 0 Å². The average Bonchev–Trinajstić information content (AvgIpc) is 2.31. The lowest BCUT2D eigenvalue weighted by Gasteiger charge is -2.17. The molecule has 1 rings (SSSR count). The minimum absolute atomic E-state index is 0.587. The second kappa shape index (κ2) is 9.20. The summed E-state index contributed by atoms with van der Waals surface area (Å²) >= 11 is 0. The third-order valence-electron chi connectivity index (χ3n) is 2.38. The largest absolute Gasteiger partial charge is 0.381 e. The summed E-state index contributed by atoms with van der Waals surface area (Å²) in [4.78, 5) is 4.17. The number of hydrogen-bond donors (Lipinski definition) is 1. The molecule has 0 spiro atoms. The van der Waals surface area contributed by atoms with Gasteiger partial charge in [0, 0.05) is 18.4 Å². The molecule has 0 aliphatic rings. The van der Waals surface area contributed by atoms with E-state index in [0.29, 0.717) is 6.04 Å². The maximum absolute atomic E-state index is 4.17. The Hall–Kier alpha value is -1.05. The Labute approximate surface area is 100 Å². The van der Waals surface area contributed by atoms with Crippen molar-refractivity contribution in [3.8, 4) is 0 Å². The van der Waals surface area contributed by atoms with Crippen molar-refractivity contribution < 1.29 is 0 Å². The van der Waals surface area contributed by atoms with Crippen LogP contribution >= 0.6 is 0 Å². The molecular weight excluding hydrogens is 196 g/mol. The van der Waals surface area contributed by atoms with Gasteiger partial charge >= 0.3 is 0 Å². The quantitative estimate of drug-likeness (QED) is 0.798. The van der Waals surface area contributed by atoms with E-state index in [1.54, 1.807) is 0 Å². The van der Waals surface area contributed by atoms with Crippen LogP contribution in [0.4, 0.5) is 5.69 Å². The number of nitrogens with one attached hydrogen (secondary N) is 1. The van der Waals surface area contributed by atoms with Crippen molar-refractivity contribution in [3.05, 3.63) is 24.0 Å². The molecule has 0 fully saturated rings. The van der Waals surface area contributed by atoms with Gasteiger partial charge in [-0.15, -0.1) is 0 Å². The molecule has 0 bridgehead atoms. The highest BCUT2D eigenvalue weighted by Gasteiger charge is 2.04. The van der Waals surface area contributed by atoms with E-state index in [9.17, 15) is 0 Å². The Morgan fingerprint density at radius 3 is 2.44 bits per heavy atom. The molecule has 1 atom stereocenters. The van der Waals surface area contributed by atoms with E-state index in [-0.39, 0.29) is 0 Å². The fourth-order valence-corrected chi connectivity index (χ4v) is 1.60. The summed E-state index contributed by atoms with van der Waals surface area (Å²) in [5.74, 6) is 0. The van der Waals surface area contributed by atoms with Gasteiger partial charge in [-0.25, -0.2) is 0 Å². The zero-order valence-corrected chi connectivity index (χ0v) is 11.4. The monoisotopic (exact) mass is 222 g/mol. The average molecular weight is 222 g/mol. The maximum Gasteiger partial charge on any atom is 0.0531 e. The van der Waals surface area contributed by atoms with Gasteiger partial charge in [-0.05, 0) is 31.4 Å². The Balaban J connectivity index is 0.00000106. The molecule has 0 aliphatic heterocycles. The highest BCUT2D eigenvalue weighted by molar-refractivity contribution is 5.43. The summed E-state index contributed by atoms with van der Waals surface area (Å²) in [6.07, 6.45) is 7.40. The molecule has 0 amide bonds. The van der Waals surface area contributed by atoms with Gasteiger partial charge in [-0.3, -0.25) is 4.98 Å². The first kappa shape index (κ1) is 14.9. The van der Waals surface area contributed by atoms with Crippen LogP contribution in [0.2, 0.25) is 0 Å². The standard InChI is InChI=1S/C12H20N2.C2H6/c1-4-6-11(5-2)14-12-7-10(3)8-13-9-12;1-2/h7-9,11,14H,4-6H2,1-3H3;1-2H3. The molecule has 16 heavy (non-hydrogen) atoms. The predicted molar refractivity (Wildman–Crippen MR) is 72.9 cm³/mol. The maximum atomic E-state index is 4.17. The Bertz CT molecular complexity index is 271. The first-order valence-corrected chi connectivity index (χ1v) is 6.44. The van der Waals surface area contributed by atoms with Crippen molar-refractivity contribution in [3.63, 3.8) is 0 Å². The van der Waals surface area contributed by atoms with E-state index in [4.69, 9.17) is 0 Å². The minimum atomic E-state index is 0.587. The molecule has 2 heteroatoms. The van der Waals surface area contributed by atoms with Crippen molar-refractivity contribution in [1.82, 2.24) is 4.98 Å². The summed E-state index contributed by atoms with van der Waals surface area (Å²) in [5, 5.41) is 3.51. The number of pyridine rings is 1. The molecule has 0 aliphatic carbocycles. The van der Waals surface area contributed by atoms with Gasteiger partial charge in [0.1, 0.15) is 0 Å². The molecule has 1 unspecified atom stereocenters. The van der Waals surface area contributed by atoms with E-state index in [2.05, 4.69) is 37.1 Å². The smallest absolute Gasteiger partial charge is 0.0531 e. The van der Waals surface area contributed by atoms with E-state index in [0.717, 1.165) is 5.69 Å². The predicted octanol–water partition coefficient (Wildman–Crippen LogP) is 4.41. The van der Waals surface area contributed by atoms with E-state index < -0.39 is 0 Å². The first-order valence-electron chi connectivity index (χ1n) is 6.44. The number of nitrogens with zero attached hydrogens (tertiary/aromatic N) is 1. The fraction of sp³-hybridized carbons (Fsp3) is 0.643. The second-order valence-electron chi connectivity index (χ2n) is 3.79. The lowest BCUT2D eigenvalue weighted by molar-refractivity contribution is 0.622. The van der Waals surface area contributed by atoms with Gasteiger partial charge < -0.3 is 5.32 Å². The fourth-order valence-electron chi connectivity index (χ4n) is 1.60. The molecule has 92 valence electrons. The molecule has 0 saturated carbocycles. The molecule has 0 saturated heterocycles. The van der Waals surface area contributed by atoms with Crippen LogP contribution in [0.1, 0.15) is 52.5 Å². The van der Waals surface area contributed by atoms with Crippen LogP contribution in [0.25, 0.3) is 0 Å². The van der Waals surface area contributed by atoms with Crippen molar-refractivity contribution in [2.45, 2.75) is 59.9 Å². The van der Waals surface area contributed by atoms with Gasteiger partial charge in [-0.1, -0.05) is 34.1 Å². The third-order valence-corrected chi connectivity index (χ3v) is 2.38.